The van der Waals surface area contributed by atoms with Crippen molar-refractivity contribution >= 4 is 29.1 Å². The summed E-state index contributed by atoms with van der Waals surface area (Å²) in [4.78, 5) is 37.5. The van der Waals surface area contributed by atoms with Gasteiger partial charge in [0.25, 0.3) is 0 Å². The fourth-order valence-electron chi connectivity index (χ4n) is 2.87. The van der Waals surface area contributed by atoms with Crippen LogP contribution in [0.3, 0.4) is 0 Å². The number of fused-ring (bicyclic) bond motifs is 1. The first-order valence-electron chi connectivity index (χ1n) is 8.54. The molecule has 0 aromatic heterocycles. The second kappa shape index (κ2) is 8.11. The van der Waals surface area contributed by atoms with Crippen LogP contribution in [-0.4, -0.2) is 36.9 Å². The van der Waals surface area contributed by atoms with E-state index in [4.69, 9.17) is 5.73 Å². The highest BCUT2D eigenvalue weighted by atomic mass is 16.2. The van der Waals surface area contributed by atoms with Crippen molar-refractivity contribution < 1.29 is 14.4 Å². The molecule has 3 amide bonds. The molecule has 1 aromatic rings. The first kappa shape index (κ1) is 18.9. The van der Waals surface area contributed by atoms with Crippen molar-refractivity contribution in [2.75, 3.05) is 23.3 Å². The molecule has 1 aliphatic rings. The van der Waals surface area contributed by atoms with E-state index < -0.39 is 6.04 Å². The highest BCUT2D eigenvalue weighted by Crippen LogP contribution is 2.32. The predicted molar refractivity (Wildman–Crippen MR) is 97.2 cm³/mol. The van der Waals surface area contributed by atoms with Gasteiger partial charge in [0.15, 0.2) is 0 Å². The number of rotatable bonds is 5. The van der Waals surface area contributed by atoms with Gasteiger partial charge in [0, 0.05) is 24.8 Å². The Labute approximate surface area is 147 Å². The SMILES string of the molecule is CC(=O)Nc1cccc2c1CCCN2C(=O)CNC(=O)[C@@H](N)C(C)C. The van der Waals surface area contributed by atoms with Crippen LogP contribution in [0.1, 0.15) is 32.8 Å². The van der Waals surface area contributed by atoms with Crippen LogP contribution in [-0.2, 0) is 20.8 Å². The molecule has 136 valence electrons. The van der Waals surface area contributed by atoms with Gasteiger partial charge in [0.05, 0.1) is 12.6 Å². The topological polar surface area (TPSA) is 105 Å². The van der Waals surface area contributed by atoms with Crippen LogP contribution in [0, 0.1) is 5.92 Å². The van der Waals surface area contributed by atoms with E-state index in [0.29, 0.717) is 6.54 Å². The summed E-state index contributed by atoms with van der Waals surface area (Å²) in [5.41, 5.74) is 8.25. The highest BCUT2D eigenvalue weighted by Gasteiger charge is 2.25. The van der Waals surface area contributed by atoms with Gasteiger partial charge in [0.2, 0.25) is 17.7 Å². The maximum Gasteiger partial charge on any atom is 0.246 e. The zero-order valence-electron chi connectivity index (χ0n) is 15.0. The first-order valence-corrected chi connectivity index (χ1v) is 8.54. The van der Waals surface area contributed by atoms with Crippen molar-refractivity contribution in [1.82, 2.24) is 5.32 Å². The van der Waals surface area contributed by atoms with E-state index in [1.807, 2.05) is 32.0 Å². The number of hydrogen-bond donors (Lipinski definition) is 3. The number of benzene rings is 1. The molecule has 0 radical (unpaired) electrons. The van der Waals surface area contributed by atoms with Crippen LogP contribution in [0.25, 0.3) is 0 Å². The van der Waals surface area contributed by atoms with Crippen molar-refractivity contribution in [3.8, 4) is 0 Å². The molecule has 0 saturated carbocycles. The number of nitrogens with two attached hydrogens (primary N) is 1. The molecular weight excluding hydrogens is 320 g/mol. The number of nitrogens with zero attached hydrogens (tertiary/aromatic N) is 1. The summed E-state index contributed by atoms with van der Waals surface area (Å²) in [7, 11) is 0. The molecule has 7 heteroatoms. The normalized spacial score (nSPS) is 14.7. The van der Waals surface area contributed by atoms with Gasteiger partial charge < -0.3 is 21.3 Å². The zero-order valence-corrected chi connectivity index (χ0v) is 15.0. The van der Waals surface area contributed by atoms with Gasteiger partial charge in [0.1, 0.15) is 0 Å². The van der Waals surface area contributed by atoms with Crippen molar-refractivity contribution in [2.24, 2.45) is 11.7 Å². The van der Waals surface area contributed by atoms with E-state index in [1.165, 1.54) is 6.92 Å². The van der Waals surface area contributed by atoms with E-state index in [-0.39, 0.29) is 30.2 Å². The molecule has 1 aromatic carbocycles. The van der Waals surface area contributed by atoms with Crippen LogP contribution < -0.4 is 21.3 Å². The average Bonchev–Trinajstić information content (AvgIpc) is 2.57. The van der Waals surface area contributed by atoms with E-state index in [1.54, 1.807) is 4.90 Å². The molecule has 0 fully saturated rings. The molecule has 0 spiro atoms. The summed E-state index contributed by atoms with van der Waals surface area (Å²) in [5, 5.41) is 5.42. The third kappa shape index (κ3) is 4.57. The highest BCUT2D eigenvalue weighted by molar-refractivity contribution is 6.00. The first-order chi connectivity index (χ1) is 11.8. The Hall–Kier alpha value is -2.41. The second-order valence-corrected chi connectivity index (χ2v) is 6.62. The fourth-order valence-corrected chi connectivity index (χ4v) is 2.87. The van der Waals surface area contributed by atoms with Crippen LogP contribution in [0.4, 0.5) is 11.4 Å². The smallest absolute Gasteiger partial charge is 0.246 e. The predicted octanol–water partition coefficient (Wildman–Crippen LogP) is 1.02. The number of carbonyl (C=O) groups is 3. The van der Waals surface area contributed by atoms with Crippen LogP contribution in [0.5, 0.6) is 0 Å². The molecule has 4 N–H and O–H groups in total. The van der Waals surface area contributed by atoms with Gasteiger partial charge in [-0.25, -0.2) is 0 Å². The van der Waals surface area contributed by atoms with Gasteiger partial charge >= 0.3 is 0 Å². The molecule has 0 unspecified atom stereocenters. The van der Waals surface area contributed by atoms with Crippen molar-refractivity contribution in [2.45, 2.75) is 39.7 Å². The van der Waals surface area contributed by atoms with Crippen LogP contribution in [0.2, 0.25) is 0 Å². The number of carbonyl (C=O) groups excluding carboxylic acids is 3. The molecule has 7 nitrogen and oxygen atoms in total. The van der Waals surface area contributed by atoms with Gasteiger partial charge in [-0.05, 0) is 36.5 Å². The maximum atomic E-state index is 12.6. The van der Waals surface area contributed by atoms with E-state index >= 15 is 0 Å². The summed E-state index contributed by atoms with van der Waals surface area (Å²) in [5.74, 6) is -0.657. The minimum absolute atomic E-state index is 0.00558. The van der Waals surface area contributed by atoms with Crippen LogP contribution in [0.15, 0.2) is 18.2 Å². The summed E-state index contributed by atoms with van der Waals surface area (Å²) < 4.78 is 0. The lowest BCUT2D eigenvalue weighted by molar-refractivity contribution is -0.126. The Morgan fingerprint density at radius 3 is 2.64 bits per heavy atom. The zero-order chi connectivity index (χ0) is 18.6. The standard InChI is InChI=1S/C18H26N4O3/c1-11(2)17(19)18(25)20-10-16(24)22-9-5-6-13-14(21-12(3)23)7-4-8-15(13)22/h4,7-8,11,17H,5-6,9-10,19H2,1-3H3,(H,20,25)(H,21,23)/t17-/m0/s1. The minimum Gasteiger partial charge on any atom is -0.346 e. The van der Waals surface area contributed by atoms with E-state index in [9.17, 15) is 14.4 Å². The molecule has 25 heavy (non-hydrogen) atoms. The van der Waals surface area contributed by atoms with Gasteiger partial charge in [-0.1, -0.05) is 19.9 Å². The van der Waals surface area contributed by atoms with E-state index in [0.717, 1.165) is 29.8 Å². The van der Waals surface area contributed by atoms with Gasteiger partial charge in [-0.2, -0.15) is 0 Å². The minimum atomic E-state index is -0.632. The second-order valence-electron chi connectivity index (χ2n) is 6.62. The quantitative estimate of drug-likeness (QED) is 0.740. The molecule has 0 bridgehead atoms. The Morgan fingerprint density at radius 2 is 2.00 bits per heavy atom. The third-order valence-corrected chi connectivity index (χ3v) is 4.30. The average molecular weight is 346 g/mol. The van der Waals surface area contributed by atoms with Crippen molar-refractivity contribution in [3.63, 3.8) is 0 Å². The Balaban J connectivity index is 2.11. The summed E-state index contributed by atoms with van der Waals surface area (Å²) in [6, 6.07) is 4.87. The maximum absolute atomic E-state index is 12.6. The fraction of sp³-hybridized carbons (Fsp3) is 0.500. The number of anilines is 2. The monoisotopic (exact) mass is 346 g/mol. The molecule has 0 saturated heterocycles. The Morgan fingerprint density at radius 1 is 1.28 bits per heavy atom. The molecule has 1 aliphatic heterocycles. The molecule has 0 aliphatic carbocycles. The molecule has 1 atom stereocenters. The lowest BCUT2D eigenvalue weighted by Crippen LogP contribution is -2.48. The third-order valence-electron chi connectivity index (χ3n) is 4.30. The van der Waals surface area contributed by atoms with Gasteiger partial charge in [-0.3, -0.25) is 14.4 Å². The lowest BCUT2D eigenvalue weighted by atomic mass is 9.99. The molecule has 1 heterocycles. The Bertz CT molecular complexity index is 672. The summed E-state index contributed by atoms with van der Waals surface area (Å²) >= 11 is 0. The number of nitrogens with one attached hydrogen (secondary N) is 2. The summed E-state index contributed by atoms with van der Waals surface area (Å²) in [6.45, 7) is 5.66. The van der Waals surface area contributed by atoms with Crippen molar-refractivity contribution in [1.29, 1.82) is 0 Å². The van der Waals surface area contributed by atoms with Crippen molar-refractivity contribution in [3.05, 3.63) is 23.8 Å². The number of amides is 3. The lowest BCUT2D eigenvalue weighted by Gasteiger charge is -2.31. The Kier molecular flexibility index (Phi) is 6.14. The van der Waals surface area contributed by atoms with Gasteiger partial charge in [-0.15, -0.1) is 0 Å². The number of hydrogen-bond acceptors (Lipinski definition) is 4. The van der Waals surface area contributed by atoms with E-state index in [2.05, 4.69) is 10.6 Å². The largest absolute Gasteiger partial charge is 0.346 e. The molecular formula is C18H26N4O3. The molecule has 2 rings (SSSR count). The van der Waals surface area contributed by atoms with Crippen LogP contribution >= 0.6 is 0 Å². The summed E-state index contributed by atoms with van der Waals surface area (Å²) in [6.07, 6.45) is 1.59.